The van der Waals surface area contributed by atoms with Crippen LogP contribution in [-0.4, -0.2) is 61.9 Å². The number of piperidine rings is 1. The fourth-order valence-corrected chi connectivity index (χ4v) is 3.28. The fraction of sp³-hybridized carbons (Fsp3) is 0.667. The third-order valence-electron chi connectivity index (χ3n) is 4.37. The van der Waals surface area contributed by atoms with Crippen molar-refractivity contribution in [2.45, 2.75) is 26.7 Å². The molecule has 2 heterocycles. The van der Waals surface area contributed by atoms with E-state index in [9.17, 15) is 9.59 Å². The van der Waals surface area contributed by atoms with E-state index in [0.717, 1.165) is 6.54 Å². The molecule has 0 spiro atoms. The van der Waals surface area contributed by atoms with Crippen molar-refractivity contribution in [3.63, 3.8) is 0 Å². The third kappa shape index (κ3) is 5.09. The molecular formula is C18H29N3O3. The summed E-state index contributed by atoms with van der Waals surface area (Å²) < 4.78 is 5.16. The van der Waals surface area contributed by atoms with Crippen molar-refractivity contribution in [3.8, 4) is 0 Å². The molecule has 0 atom stereocenters. The molecule has 0 bridgehead atoms. The molecule has 134 valence electrons. The zero-order valence-electron chi connectivity index (χ0n) is 15.2. The quantitative estimate of drug-likeness (QED) is 0.861. The van der Waals surface area contributed by atoms with Crippen molar-refractivity contribution >= 4 is 11.8 Å². The van der Waals surface area contributed by atoms with Gasteiger partial charge in [0.05, 0.1) is 6.26 Å². The lowest BCUT2D eigenvalue weighted by molar-refractivity contribution is -0.126. The number of carbonyl (C=O) groups excluding carboxylic acids is 2. The van der Waals surface area contributed by atoms with Gasteiger partial charge in [-0.05, 0) is 44.5 Å². The number of carbonyl (C=O) groups is 2. The first-order valence-corrected chi connectivity index (χ1v) is 8.54. The van der Waals surface area contributed by atoms with E-state index >= 15 is 0 Å². The Hall–Kier alpha value is -1.82. The lowest BCUT2D eigenvalue weighted by Crippen LogP contribution is -2.46. The number of likely N-dealkylation sites (tertiary alicyclic amines) is 1. The molecule has 1 saturated heterocycles. The molecule has 1 aliphatic heterocycles. The van der Waals surface area contributed by atoms with E-state index in [-0.39, 0.29) is 23.1 Å². The van der Waals surface area contributed by atoms with Crippen LogP contribution in [0.4, 0.5) is 0 Å². The second-order valence-electron chi connectivity index (χ2n) is 7.66. The molecular weight excluding hydrogens is 306 g/mol. The van der Waals surface area contributed by atoms with Crippen LogP contribution in [0.15, 0.2) is 22.8 Å². The highest BCUT2D eigenvalue weighted by atomic mass is 16.3. The second kappa shape index (κ2) is 7.83. The van der Waals surface area contributed by atoms with E-state index in [4.69, 9.17) is 4.42 Å². The third-order valence-corrected chi connectivity index (χ3v) is 4.37. The first-order valence-electron chi connectivity index (χ1n) is 8.54. The summed E-state index contributed by atoms with van der Waals surface area (Å²) >= 11 is 0. The maximum absolute atomic E-state index is 12.4. The molecule has 2 amide bonds. The van der Waals surface area contributed by atoms with Crippen LogP contribution in [0.3, 0.4) is 0 Å². The summed E-state index contributed by atoms with van der Waals surface area (Å²) in [6, 6.07) is 3.39. The van der Waals surface area contributed by atoms with E-state index in [2.05, 4.69) is 24.1 Å². The van der Waals surface area contributed by atoms with Crippen molar-refractivity contribution in [2.75, 3.05) is 40.3 Å². The molecule has 0 aliphatic carbocycles. The average molecular weight is 335 g/mol. The van der Waals surface area contributed by atoms with Crippen LogP contribution in [0.2, 0.25) is 0 Å². The summed E-state index contributed by atoms with van der Waals surface area (Å²) in [5.41, 5.74) is 0.0368. The molecule has 0 radical (unpaired) electrons. The van der Waals surface area contributed by atoms with Crippen molar-refractivity contribution in [3.05, 3.63) is 24.2 Å². The van der Waals surface area contributed by atoms with Gasteiger partial charge in [0.25, 0.3) is 5.91 Å². The summed E-state index contributed by atoms with van der Waals surface area (Å²) in [5, 5.41) is 3.08. The molecule has 1 N–H and O–H groups in total. The number of nitrogens with zero attached hydrogens (tertiary/aromatic N) is 2. The Morgan fingerprint density at radius 3 is 2.54 bits per heavy atom. The molecule has 0 aromatic carbocycles. The SMILES string of the molecule is CN(C)CC(C)(C)CNC(=O)C1CCN(C(=O)c2ccco2)CC1. The van der Waals surface area contributed by atoms with Gasteiger partial charge >= 0.3 is 0 Å². The smallest absolute Gasteiger partial charge is 0.289 e. The predicted molar refractivity (Wildman–Crippen MR) is 92.7 cm³/mol. The van der Waals surface area contributed by atoms with Crippen LogP contribution >= 0.6 is 0 Å². The molecule has 2 rings (SSSR count). The van der Waals surface area contributed by atoms with Gasteiger partial charge in [-0.15, -0.1) is 0 Å². The number of hydrogen-bond donors (Lipinski definition) is 1. The molecule has 1 fully saturated rings. The van der Waals surface area contributed by atoms with Crippen LogP contribution < -0.4 is 5.32 Å². The highest BCUT2D eigenvalue weighted by Gasteiger charge is 2.29. The van der Waals surface area contributed by atoms with E-state index in [0.29, 0.717) is 38.2 Å². The number of hydrogen-bond acceptors (Lipinski definition) is 4. The lowest BCUT2D eigenvalue weighted by Gasteiger charge is -2.32. The largest absolute Gasteiger partial charge is 0.459 e. The first kappa shape index (κ1) is 18.5. The van der Waals surface area contributed by atoms with E-state index in [1.807, 2.05) is 14.1 Å². The van der Waals surface area contributed by atoms with Crippen molar-refractivity contribution < 1.29 is 14.0 Å². The average Bonchev–Trinajstić information content (AvgIpc) is 3.05. The van der Waals surface area contributed by atoms with Gasteiger partial charge in [-0.2, -0.15) is 0 Å². The minimum atomic E-state index is -0.0917. The van der Waals surface area contributed by atoms with Crippen LogP contribution in [0.5, 0.6) is 0 Å². The molecule has 24 heavy (non-hydrogen) atoms. The molecule has 1 aromatic rings. The Balaban J connectivity index is 1.77. The number of rotatable bonds is 6. The monoisotopic (exact) mass is 335 g/mol. The first-order chi connectivity index (χ1) is 11.3. The van der Waals surface area contributed by atoms with Gasteiger partial charge in [0.15, 0.2) is 5.76 Å². The van der Waals surface area contributed by atoms with E-state index in [1.54, 1.807) is 17.0 Å². The van der Waals surface area contributed by atoms with Crippen LogP contribution in [-0.2, 0) is 4.79 Å². The highest BCUT2D eigenvalue weighted by molar-refractivity contribution is 5.91. The van der Waals surface area contributed by atoms with Crippen molar-refractivity contribution in [1.29, 1.82) is 0 Å². The van der Waals surface area contributed by atoms with E-state index in [1.165, 1.54) is 6.26 Å². The minimum Gasteiger partial charge on any atom is -0.459 e. The second-order valence-corrected chi connectivity index (χ2v) is 7.66. The van der Waals surface area contributed by atoms with Crippen LogP contribution in [0.1, 0.15) is 37.2 Å². The normalized spacial score (nSPS) is 16.5. The van der Waals surface area contributed by atoms with Gasteiger partial charge in [-0.1, -0.05) is 13.8 Å². The summed E-state index contributed by atoms with van der Waals surface area (Å²) in [6.45, 7) is 7.08. The molecule has 0 unspecified atom stereocenters. The Morgan fingerprint density at radius 2 is 2.00 bits per heavy atom. The van der Waals surface area contributed by atoms with E-state index < -0.39 is 0 Å². The Kier molecular flexibility index (Phi) is 6.04. The van der Waals surface area contributed by atoms with Crippen molar-refractivity contribution in [1.82, 2.24) is 15.1 Å². The summed E-state index contributed by atoms with van der Waals surface area (Å²) in [6.07, 6.45) is 2.90. The molecule has 6 nitrogen and oxygen atoms in total. The zero-order valence-corrected chi connectivity index (χ0v) is 15.2. The fourth-order valence-electron chi connectivity index (χ4n) is 3.28. The standard InChI is InChI=1S/C18H29N3O3/c1-18(2,13-20(3)4)12-19-16(22)14-7-9-21(10-8-14)17(23)15-6-5-11-24-15/h5-6,11,14H,7-10,12-13H2,1-4H3,(H,19,22). The van der Waals surface area contributed by atoms with Gasteiger partial charge in [-0.25, -0.2) is 0 Å². The lowest BCUT2D eigenvalue weighted by atomic mass is 9.91. The molecule has 1 aliphatic rings. The van der Waals surface area contributed by atoms with Gasteiger partial charge in [0.2, 0.25) is 5.91 Å². The topological polar surface area (TPSA) is 65.8 Å². The number of furan rings is 1. The Labute approximate surface area is 144 Å². The number of amides is 2. The van der Waals surface area contributed by atoms with Crippen LogP contribution in [0.25, 0.3) is 0 Å². The zero-order chi connectivity index (χ0) is 17.7. The van der Waals surface area contributed by atoms with Gasteiger partial charge in [-0.3, -0.25) is 9.59 Å². The summed E-state index contributed by atoms with van der Waals surface area (Å²) in [5.74, 6) is 0.363. The van der Waals surface area contributed by atoms with Crippen molar-refractivity contribution in [2.24, 2.45) is 11.3 Å². The van der Waals surface area contributed by atoms with Gasteiger partial charge in [0.1, 0.15) is 0 Å². The minimum absolute atomic E-state index is 0.0131. The summed E-state index contributed by atoms with van der Waals surface area (Å²) in [4.78, 5) is 28.5. The van der Waals surface area contributed by atoms with Gasteiger partial charge in [0, 0.05) is 32.1 Å². The molecule has 1 aromatic heterocycles. The maximum atomic E-state index is 12.4. The Bertz CT molecular complexity index is 544. The Morgan fingerprint density at radius 1 is 1.33 bits per heavy atom. The molecule has 6 heteroatoms. The van der Waals surface area contributed by atoms with Crippen LogP contribution in [0, 0.1) is 11.3 Å². The maximum Gasteiger partial charge on any atom is 0.289 e. The highest BCUT2D eigenvalue weighted by Crippen LogP contribution is 2.20. The van der Waals surface area contributed by atoms with Gasteiger partial charge < -0.3 is 19.5 Å². The molecule has 0 saturated carbocycles. The summed E-state index contributed by atoms with van der Waals surface area (Å²) in [7, 11) is 4.07. The predicted octanol–water partition coefficient (Wildman–Crippen LogP) is 1.84. The number of nitrogens with one attached hydrogen (secondary N) is 1.